The smallest absolute Gasteiger partial charge is 0.133 e. The average Bonchev–Trinajstić information content (AvgIpc) is 2.30. The summed E-state index contributed by atoms with van der Waals surface area (Å²) in [6, 6.07) is 7.85. The summed E-state index contributed by atoms with van der Waals surface area (Å²) in [6.45, 7) is 2.53. The van der Waals surface area contributed by atoms with Crippen LogP contribution in [0.5, 0.6) is 5.75 Å². The average molecular weight is 288 g/mol. The largest absolute Gasteiger partial charge is 0.492 e. The molecular formula is C12H18BrNO2. The molecular weight excluding hydrogens is 270 g/mol. The van der Waals surface area contributed by atoms with Crippen LogP contribution in [0.15, 0.2) is 28.7 Å². The van der Waals surface area contributed by atoms with Crippen molar-refractivity contribution >= 4 is 15.9 Å². The van der Waals surface area contributed by atoms with Crippen LogP contribution < -0.4 is 10.1 Å². The Balaban J connectivity index is 2.05. The number of para-hydroxylation sites is 1. The van der Waals surface area contributed by atoms with Crippen LogP contribution in [-0.2, 0) is 0 Å². The summed E-state index contributed by atoms with van der Waals surface area (Å²) in [5.74, 6) is 0.894. The van der Waals surface area contributed by atoms with E-state index in [4.69, 9.17) is 9.84 Å². The van der Waals surface area contributed by atoms with Crippen LogP contribution in [0.1, 0.15) is 12.8 Å². The summed E-state index contributed by atoms with van der Waals surface area (Å²) >= 11 is 3.43. The molecule has 0 heterocycles. The van der Waals surface area contributed by atoms with Crippen molar-refractivity contribution in [3.8, 4) is 5.75 Å². The number of aliphatic hydroxyl groups excluding tert-OH is 1. The second-order valence-electron chi connectivity index (χ2n) is 3.46. The Labute approximate surface area is 105 Å². The first kappa shape index (κ1) is 13.5. The van der Waals surface area contributed by atoms with Crippen LogP contribution in [0, 0.1) is 0 Å². The minimum Gasteiger partial charge on any atom is -0.492 e. The van der Waals surface area contributed by atoms with Crippen molar-refractivity contribution in [1.82, 2.24) is 5.32 Å². The topological polar surface area (TPSA) is 41.5 Å². The normalized spacial score (nSPS) is 10.4. The maximum Gasteiger partial charge on any atom is 0.133 e. The third-order valence-electron chi connectivity index (χ3n) is 2.13. The standard InChI is InChI=1S/C12H18BrNO2/c13-11-5-1-2-6-12(11)16-10-4-3-7-14-8-9-15/h1-2,5-6,14-15H,3-4,7-10H2. The summed E-state index contributed by atoms with van der Waals surface area (Å²) in [5.41, 5.74) is 0. The molecule has 0 saturated heterocycles. The second kappa shape index (κ2) is 8.56. The predicted molar refractivity (Wildman–Crippen MR) is 68.8 cm³/mol. The summed E-state index contributed by atoms with van der Waals surface area (Å²) in [4.78, 5) is 0. The van der Waals surface area contributed by atoms with Gasteiger partial charge in [-0.3, -0.25) is 0 Å². The Kier molecular flexibility index (Phi) is 7.21. The molecule has 0 atom stereocenters. The number of unbranched alkanes of at least 4 members (excludes halogenated alkanes) is 1. The Morgan fingerprint density at radius 3 is 2.75 bits per heavy atom. The molecule has 0 aliphatic heterocycles. The molecule has 1 rings (SSSR count). The summed E-state index contributed by atoms with van der Waals surface area (Å²) in [5, 5.41) is 11.7. The van der Waals surface area contributed by atoms with E-state index >= 15 is 0 Å². The van der Waals surface area contributed by atoms with Crippen molar-refractivity contribution in [2.75, 3.05) is 26.3 Å². The highest BCUT2D eigenvalue weighted by atomic mass is 79.9. The molecule has 0 spiro atoms. The monoisotopic (exact) mass is 287 g/mol. The van der Waals surface area contributed by atoms with E-state index < -0.39 is 0 Å². The fraction of sp³-hybridized carbons (Fsp3) is 0.500. The van der Waals surface area contributed by atoms with Gasteiger partial charge in [0.2, 0.25) is 0 Å². The molecule has 0 unspecified atom stereocenters. The van der Waals surface area contributed by atoms with E-state index in [1.165, 1.54) is 0 Å². The van der Waals surface area contributed by atoms with E-state index in [1.807, 2.05) is 24.3 Å². The Hall–Kier alpha value is -0.580. The van der Waals surface area contributed by atoms with Crippen molar-refractivity contribution in [2.45, 2.75) is 12.8 Å². The quantitative estimate of drug-likeness (QED) is 0.721. The zero-order valence-corrected chi connectivity index (χ0v) is 10.9. The maximum atomic E-state index is 8.56. The summed E-state index contributed by atoms with van der Waals surface area (Å²) < 4.78 is 6.61. The van der Waals surface area contributed by atoms with Crippen LogP contribution in [0.3, 0.4) is 0 Å². The SMILES string of the molecule is OCCNCCCCOc1ccccc1Br. The molecule has 0 fully saturated rings. The number of rotatable bonds is 8. The van der Waals surface area contributed by atoms with Crippen molar-refractivity contribution in [3.63, 3.8) is 0 Å². The fourth-order valence-electron chi connectivity index (χ4n) is 1.30. The highest BCUT2D eigenvalue weighted by Crippen LogP contribution is 2.23. The Bertz CT molecular complexity index is 294. The van der Waals surface area contributed by atoms with Gasteiger partial charge in [-0.15, -0.1) is 0 Å². The van der Waals surface area contributed by atoms with Gasteiger partial charge in [-0.25, -0.2) is 0 Å². The predicted octanol–water partition coefficient (Wildman–Crippen LogP) is 2.19. The van der Waals surface area contributed by atoms with Gasteiger partial charge in [-0.2, -0.15) is 0 Å². The first-order chi connectivity index (χ1) is 7.84. The number of aliphatic hydroxyl groups is 1. The minimum atomic E-state index is 0.202. The summed E-state index contributed by atoms with van der Waals surface area (Å²) in [7, 11) is 0. The molecule has 90 valence electrons. The molecule has 4 heteroatoms. The van der Waals surface area contributed by atoms with Gasteiger partial charge in [-0.1, -0.05) is 12.1 Å². The number of nitrogens with one attached hydrogen (secondary N) is 1. The molecule has 3 nitrogen and oxygen atoms in total. The maximum absolute atomic E-state index is 8.56. The van der Waals surface area contributed by atoms with Gasteiger partial charge in [0.25, 0.3) is 0 Å². The molecule has 1 aromatic carbocycles. The minimum absolute atomic E-state index is 0.202. The van der Waals surface area contributed by atoms with E-state index in [9.17, 15) is 0 Å². The van der Waals surface area contributed by atoms with Crippen molar-refractivity contribution in [3.05, 3.63) is 28.7 Å². The molecule has 0 amide bonds. The highest BCUT2D eigenvalue weighted by molar-refractivity contribution is 9.10. The zero-order valence-electron chi connectivity index (χ0n) is 9.29. The number of hydrogen-bond acceptors (Lipinski definition) is 3. The fourth-order valence-corrected chi connectivity index (χ4v) is 1.70. The number of benzene rings is 1. The molecule has 0 aliphatic rings. The van der Waals surface area contributed by atoms with Gasteiger partial charge in [0.1, 0.15) is 5.75 Å². The number of hydrogen-bond donors (Lipinski definition) is 2. The molecule has 2 N–H and O–H groups in total. The van der Waals surface area contributed by atoms with Crippen LogP contribution in [0.25, 0.3) is 0 Å². The molecule has 0 aromatic heterocycles. The Morgan fingerprint density at radius 2 is 2.00 bits per heavy atom. The lowest BCUT2D eigenvalue weighted by Crippen LogP contribution is -2.19. The van der Waals surface area contributed by atoms with Crippen molar-refractivity contribution in [1.29, 1.82) is 0 Å². The van der Waals surface area contributed by atoms with Gasteiger partial charge >= 0.3 is 0 Å². The molecule has 0 aliphatic carbocycles. The third kappa shape index (κ3) is 5.49. The molecule has 16 heavy (non-hydrogen) atoms. The van der Waals surface area contributed by atoms with Crippen LogP contribution >= 0.6 is 15.9 Å². The molecule has 0 radical (unpaired) electrons. The Morgan fingerprint density at radius 1 is 1.19 bits per heavy atom. The van der Waals surface area contributed by atoms with E-state index in [0.717, 1.165) is 36.2 Å². The van der Waals surface area contributed by atoms with Crippen LogP contribution in [0.2, 0.25) is 0 Å². The second-order valence-corrected chi connectivity index (χ2v) is 4.31. The first-order valence-electron chi connectivity index (χ1n) is 5.53. The molecule has 0 bridgehead atoms. The van der Waals surface area contributed by atoms with Crippen molar-refractivity contribution in [2.24, 2.45) is 0 Å². The lowest BCUT2D eigenvalue weighted by Gasteiger charge is -2.07. The number of halogens is 1. The molecule has 0 saturated carbocycles. The van der Waals surface area contributed by atoms with E-state index in [-0.39, 0.29) is 6.61 Å². The van der Waals surface area contributed by atoms with Gasteiger partial charge in [0.15, 0.2) is 0 Å². The van der Waals surface area contributed by atoms with Gasteiger partial charge in [-0.05, 0) is 47.4 Å². The van der Waals surface area contributed by atoms with E-state index in [2.05, 4.69) is 21.2 Å². The van der Waals surface area contributed by atoms with Gasteiger partial charge in [0, 0.05) is 6.54 Å². The lowest BCUT2D eigenvalue weighted by molar-refractivity contribution is 0.286. The summed E-state index contributed by atoms with van der Waals surface area (Å²) in [6.07, 6.45) is 2.07. The van der Waals surface area contributed by atoms with Crippen LogP contribution in [0.4, 0.5) is 0 Å². The van der Waals surface area contributed by atoms with Gasteiger partial charge in [0.05, 0.1) is 17.7 Å². The van der Waals surface area contributed by atoms with Gasteiger partial charge < -0.3 is 15.2 Å². The van der Waals surface area contributed by atoms with E-state index in [0.29, 0.717) is 6.54 Å². The zero-order chi connectivity index (χ0) is 11.6. The van der Waals surface area contributed by atoms with Crippen molar-refractivity contribution < 1.29 is 9.84 Å². The third-order valence-corrected chi connectivity index (χ3v) is 2.79. The van der Waals surface area contributed by atoms with Crippen LogP contribution in [-0.4, -0.2) is 31.4 Å². The number of ether oxygens (including phenoxy) is 1. The first-order valence-corrected chi connectivity index (χ1v) is 6.33. The molecule has 1 aromatic rings. The highest BCUT2D eigenvalue weighted by Gasteiger charge is 1.98. The van der Waals surface area contributed by atoms with E-state index in [1.54, 1.807) is 0 Å². The lowest BCUT2D eigenvalue weighted by atomic mass is 10.3.